The molecule has 0 spiro atoms. The first-order valence-corrected chi connectivity index (χ1v) is 6.44. The van der Waals surface area contributed by atoms with Crippen molar-refractivity contribution in [3.05, 3.63) is 34.9 Å². The largest absolute Gasteiger partial charge is 0.294 e. The Balaban J connectivity index is 2.61. The van der Waals surface area contributed by atoms with Crippen molar-refractivity contribution in [2.45, 2.75) is 40.5 Å². The van der Waals surface area contributed by atoms with Crippen molar-refractivity contribution in [2.24, 2.45) is 11.3 Å². The van der Waals surface area contributed by atoms with Gasteiger partial charge in [0.1, 0.15) is 0 Å². The van der Waals surface area contributed by atoms with E-state index >= 15 is 0 Å². The Hall–Kier alpha value is -0.820. The van der Waals surface area contributed by atoms with Crippen LogP contribution < -0.4 is 0 Å². The second-order valence-electron chi connectivity index (χ2n) is 6.01. The van der Waals surface area contributed by atoms with E-state index in [9.17, 15) is 4.79 Å². The first-order valence-electron chi connectivity index (χ1n) is 6.07. The summed E-state index contributed by atoms with van der Waals surface area (Å²) in [6.07, 6.45) is 1.65. The molecule has 1 nitrogen and oxygen atoms in total. The Morgan fingerprint density at radius 2 is 2.00 bits per heavy atom. The molecule has 0 heterocycles. The summed E-state index contributed by atoms with van der Waals surface area (Å²) in [5.74, 6) is 0.589. The SMILES string of the molecule is CC(CC(=O)c1cccc(Cl)c1)CC(C)(C)C. The smallest absolute Gasteiger partial charge is 0.163 e. The first-order chi connectivity index (χ1) is 7.78. The molecular weight excluding hydrogens is 232 g/mol. The van der Waals surface area contributed by atoms with Gasteiger partial charge in [-0.15, -0.1) is 0 Å². The van der Waals surface area contributed by atoms with E-state index in [1.165, 1.54) is 0 Å². The Bertz CT molecular complexity index is 390. The third-order valence-corrected chi connectivity index (χ3v) is 2.88. The van der Waals surface area contributed by atoms with Gasteiger partial charge >= 0.3 is 0 Å². The van der Waals surface area contributed by atoms with Gasteiger partial charge in [0.05, 0.1) is 0 Å². The van der Waals surface area contributed by atoms with Crippen LogP contribution in [-0.4, -0.2) is 5.78 Å². The van der Waals surface area contributed by atoms with Crippen molar-refractivity contribution in [3.63, 3.8) is 0 Å². The van der Waals surface area contributed by atoms with E-state index < -0.39 is 0 Å². The summed E-state index contributed by atoms with van der Waals surface area (Å²) in [4.78, 5) is 12.0. The van der Waals surface area contributed by atoms with Crippen molar-refractivity contribution in [2.75, 3.05) is 0 Å². The van der Waals surface area contributed by atoms with E-state index in [0.717, 1.165) is 12.0 Å². The molecule has 1 aromatic carbocycles. The van der Waals surface area contributed by atoms with E-state index in [-0.39, 0.29) is 11.2 Å². The number of halogens is 1. The van der Waals surface area contributed by atoms with Gasteiger partial charge in [-0.3, -0.25) is 4.79 Å². The average Bonchev–Trinajstić information content (AvgIpc) is 2.14. The Kier molecular flexibility index (Phi) is 4.76. The lowest BCUT2D eigenvalue weighted by Crippen LogP contribution is -2.14. The van der Waals surface area contributed by atoms with Crippen LogP contribution in [0.5, 0.6) is 0 Å². The third kappa shape index (κ3) is 5.36. The van der Waals surface area contributed by atoms with Crippen molar-refractivity contribution in [3.8, 4) is 0 Å². The average molecular weight is 253 g/mol. The molecule has 1 rings (SSSR count). The van der Waals surface area contributed by atoms with E-state index in [1.54, 1.807) is 12.1 Å². The third-order valence-electron chi connectivity index (χ3n) is 2.64. The van der Waals surface area contributed by atoms with Crippen LogP contribution in [0.25, 0.3) is 0 Å². The molecule has 0 bridgehead atoms. The number of hydrogen-bond donors (Lipinski definition) is 0. The van der Waals surface area contributed by atoms with Gasteiger partial charge in [0.15, 0.2) is 5.78 Å². The molecule has 0 N–H and O–H groups in total. The second kappa shape index (κ2) is 5.68. The van der Waals surface area contributed by atoms with Crippen molar-refractivity contribution in [1.82, 2.24) is 0 Å². The fourth-order valence-electron chi connectivity index (χ4n) is 2.21. The molecule has 1 aromatic rings. The Morgan fingerprint density at radius 3 is 2.53 bits per heavy atom. The molecule has 0 amide bonds. The highest BCUT2D eigenvalue weighted by atomic mass is 35.5. The predicted octanol–water partition coefficient (Wildman–Crippen LogP) is 4.99. The van der Waals surface area contributed by atoms with Crippen LogP contribution in [0.15, 0.2) is 24.3 Å². The molecule has 0 radical (unpaired) electrons. The standard InChI is InChI=1S/C15H21ClO/c1-11(10-15(2,3)4)8-14(17)12-6-5-7-13(16)9-12/h5-7,9,11H,8,10H2,1-4H3. The second-order valence-corrected chi connectivity index (χ2v) is 6.44. The van der Waals surface area contributed by atoms with Gasteiger partial charge < -0.3 is 0 Å². The highest BCUT2D eigenvalue weighted by Gasteiger charge is 2.18. The topological polar surface area (TPSA) is 17.1 Å². The van der Waals surface area contributed by atoms with E-state index in [4.69, 9.17) is 11.6 Å². The van der Waals surface area contributed by atoms with Crippen molar-refractivity contribution >= 4 is 17.4 Å². The van der Waals surface area contributed by atoms with Gasteiger partial charge in [-0.25, -0.2) is 0 Å². The summed E-state index contributed by atoms with van der Waals surface area (Å²) < 4.78 is 0. The van der Waals surface area contributed by atoms with Crippen molar-refractivity contribution < 1.29 is 4.79 Å². The highest BCUT2D eigenvalue weighted by Crippen LogP contribution is 2.27. The zero-order valence-corrected chi connectivity index (χ0v) is 11.8. The van der Waals surface area contributed by atoms with Crippen LogP contribution in [0.4, 0.5) is 0 Å². The number of ketones is 1. The van der Waals surface area contributed by atoms with Crippen LogP contribution in [-0.2, 0) is 0 Å². The van der Waals surface area contributed by atoms with Crippen LogP contribution in [0.3, 0.4) is 0 Å². The van der Waals surface area contributed by atoms with Crippen molar-refractivity contribution in [1.29, 1.82) is 0 Å². The van der Waals surface area contributed by atoms with E-state index in [0.29, 0.717) is 17.4 Å². The molecule has 17 heavy (non-hydrogen) atoms. The molecule has 1 atom stereocenters. The molecular formula is C15H21ClO. The lowest BCUT2D eigenvalue weighted by Gasteiger charge is -2.22. The van der Waals surface area contributed by atoms with Crippen LogP contribution in [0.2, 0.25) is 5.02 Å². The molecule has 0 fully saturated rings. The number of benzene rings is 1. The zero-order valence-electron chi connectivity index (χ0n) is 11.1. The number of rotatable bonds is 4. The molecule has 94 valence electrons. The Morgan fingerprint density at radius 1 is 1.35 bits per heavy atom. The minimum atomic E-state index is 0.184. The summed E-state index contributed by atoms with van der Waals surface area (Å²) in [7, 11) is 0. The summed E-state index contributed by atoms with van der Waals surface area (Å²) in [6, 6.07) is 7.19. The van der Waals surface area contributed by atoms with Gasteiger partial charge in [0, 0.05) is 17.0 Å². The zero-order chi connectivity index (χ0) is 13.1. The lowest BCUT2D eigenvalue weighted by atomic mass is 9.83. The van der Waals surface area contributed by atoms with Gasteiger partial charge in [-0.1, -0.05) is 51.4 Å². The molecule has 0 aliphatic heterocycles. The lowest BCUT2D eigenvalue weighted by molar-refractivity contribution is 0.0954. The molecule has 0 aliphatic carbocycles. The van der Waals surface area contributed by atoms with E-state index in [1.807, 2.05) is 12.1 Å². The minimum Gasteiger partial charge on any atom is -0.294 e. The quantitative estimate of drug-likeness (QED) is 0.691. The number of hydrogen-bond acceptors (Lipinski definition) is 1. The molecule has 0 aliphatic rings. The molecule has 0 saturated heterocycles. The maximum absolute atomic E-state index is 12.0. The van der Waals surface area contributed by atoms with Gasteiger partial charge in [-0.2, -0.15) is 0 Å². The summed E-state index contributed by atoms with van der Waals surface area (Å²) in [5.41, 5.74) is 0.992. The summed E-state index contributed by atoms with van der Waals surface area (Å²) in [5, 5.41) is 0.624. The predicted molar refractivity (Wildman–Crippen MR) is 73.6 cm³/mol. The summed E-state index contributed by atoms with van der Waals surface area (Å²) in [6.45, 7) is 8.74. The normalized spacial score (nSPS) is 13.5. The molecule has 2 heteroatoms. The monoisotopic (exact) mass is 252 g/mol. The highest BCUT2D eigenvalue weighted by molar-refractivity contribution is 6.31. The molecule has 0 saturated carbocycles. The number of carbonyl (C=O) groups excluding carboxylic acids is 1. The molecule has 1 unspecified atom stereocenters. The molecule has 0 aromatic heterocycles. The fraction of sp³-hybridized carbons (Fsp3) is 0.533. The maximum Gasteiger partial charge on any atom is 0.163 e. The van der Waals surface area contributed by atoms with E-state index in [2.05, 4.69) is 27.7 Å². The van der Waals surface area contributed by atoms with Crippen LogP contribution in [0, 0.1) is 11.3 Å². The number of Topliss-reactive ketones (excluding diaryl/α,β-unsaturated/α-hetero) is 1. The maximum atomic E-state index is 12.0. The first kappa shape index (κ1) is 14.2. The number of carbonyl (C=O) groups is 1. The van der Waals surface area contributed by atoms with Gasteiger partial charge in [-0.05, 0) is 29.9 Å². The van der Waals surface area contributed by atoms with Gasteiger partial charge in [0.25, 0.3) is 0 Å². The fourth-order valence-corrected chi connectivity index (χ4v) is 2.40. The van der Waals surface area contributed by atoms with Crippen LogP contribution >= 0.6 is 11.6 Å². The van der Waals surface area contributed by atoms with Gasteiger partial charge in [0.2, 0.25) is 0 Å². The Labute approximate surface area is 109 Å². The minimum absolute atomic E-state index is 0.184. The summed E-state index contributed by atoms with van der Waals surface area (Å²) >= 11 is 5.88. The van der Waals surface area contributed by atoms with Crippen LogP contribution in [0.1, 0.15) is 50.9 Å².